The van der Waals surface area contributed by atoms with Crippen molar-refractivity contribution in [2.75, 3.05) is 31.3 Å². The average Bonchev–Trinajstić information content (AvgIpc) is 3.26. The molecule has 3 rings (SSSR count). The number of carbonyl (C=O) groups excluding carboxylic acids is 2. The van der Waals surface area contributed by atoms with E-state index in [-0.39, 0.29) is 11.8 Å². The van der Waals surface area contributed by atoms with Crippen LogP contribution in [0.4, 0.5) is 10.9 Å². The molecule has 2 aromatic heterocycles. The second-order valence-corrected chi connectivity index (χ2v) is 8.59. The van der Waals surface area contributed by atoms with Gasteiger partial charge in [0, 0.05) is 24.4 Å². The maximum Gasteiger partial charge on any atom is 0.249 e. The number of carbonyl (C=O) groups is 2. The smallest absolute Gasteiger partial charge is 0.249 e. The lowest BCUT2D eigenvalue weighted by Gasteiger charge is -2.13. The van der Waals surface area contributed by atoms with Gasteiger partial charge in [-0.05, 0) is 44.3 Å². The summed E-state index contributed by atoms with van der Waals surface area (Å²) >= 11 is 1.14. The number of benzene rings is 1. The summed E-state index contributed by atoms with van der Waals surface area (Å²) in [4.78, 5) is 35.4. The van der Waals surface area contributed by atoms with Gasteiger partial charge in [0.05, 0.1) is 12.1 Å². The molecule has 0 aliphatic heterocycles. The topological polar surface area (TPSA) is 111 Å². The first-order valence-corrected chi connectivity index (χ1v) is 11.0. The van der Waals surface area contributed by atoms with Crippen molar-refractivity contribution < 1.29 is 9.59 Å². The van der Waals surface area contributed by atoms with E-state index in [2.05, 4.69) is 20.6 Å². The largest absolute Gasteiger partial charge is 0.307 e. The van der Waals surface area contributed by atoms with Crippen molar-refractivity contribution >= 4 is 34.1 Å². The molecule has 0 unspecified atom stereocenters. The summed E-state index contributed by atoms with van der Waals surface area (Å²) in [6.07, 6.45) is 6.38. The summed E-state index contributed by atoms with van der Waals surface area (Å²) in [6.45, 7) is 2.49. The molecule has 0 aliphatic rings. The van der Waals surface area contributed by atoms with Crippen LogP contribution in [0.5, 0.6) is 0 Å². The Labute approximate surface area is 196 Å². The van der Waals surface area contributed by atoms with E-state index in [1.165, 1.54) is 12.3 Å². The van der Waals surface area contributed by atoms with Gasteiger partial charge in [0.25, 0.3) is 0 Å². The molecule has 1 atom stereocenters. The van der Waals surface area contributed by atoms with Crippen molar-refractivity contribution in [3.8, 4) is 17.2 Å². The quantitative estimate of drug-likeness (QED) is 0.494. The second-order valence-electron chi connectivity index (χ2n) is 7.56. The van der Waals surface area contributed by atoms with Gasteiger partial charge in [-0.1, -0.05) is 41.7 Å². The van der Waals surface area contributed by atoms with E-state index in [9.17, 15) is 9.59 Å². The minimum absolute atomic E-state index is 0.204. The van der Waals surface area contributed by atoms with Crippen molar-refractivity contribution in [1.29, 1.82) is 5.26 Å². The molecule has 0 saturated heterocycles. The zero-order valence-corrected chi connectivity index (χ0v) is 19.4. The molecule has 0 bridgehead atoms. The Morgan fingerprint density at radius 2 is 1.97 bits per heavy atom. The lowest BCUT2D eigenvalue weighted by Crippen LogP contribution is -2.18. The molecule has 8 nitrogen and oxygen atoms in total. The Hall–Kier alpha value is -3.87. The van der Waals surface area contributed by atoms with Crippen molar-refractivity contribution in [3.05, 3.63) is 71.4 Å². The second kappa shape index (κ2) is 11.1. The molecule has 2 amide bonds. The normalized spacial score (nSPS) is 11.8. The summed E-state index contributed by atoms with van der Waals surface area (Å²) in [5.41, 5.74) is 2.61. The first-order chi connectivity index (χ1) is 15.9. The summed E-state index contributed by atoms with van der Waals surface area (Å²) in [7, 11) is 3.86. The van der Waals surface area contributed by atoms with E-state index in [0.717, 1.165) is 28.0 Å². The molecule has 0 spiro atoms. The number of amides is 2. The van der Waals surface area contributed by atoms with Crippen molar-refractivity contribution in [3.63, 3.8) is 0 Å². The molecule has 3 aromatic rings. The van der Waals surface area contributed by atoms with E-state index in [1.54, 1.807) is 18.3 Å². The third-order valence-corrected chi connectivity index (χ3v) is 5.53. The number of rotatable bonds is 8. The fraction of sp³-hybridized carbons (Fsp3) is 0.208. The number of nitrogens with one attached hydrogen (secondary N) is 2. The standard InChI is InChI=1S/C24H24N6O2S/c1-16(23(32)29-24-27-15-20(13-25)33-24)17-6-4-7-18(12-17)19-9-10-21(26-14-19)28-22(31)8-5-11-30(2)3/h4-10,12,14-16H,11H2,1-3H3,(H,26,28,31)(H,27,29,32)/b8-5+/t16-/m0/s1. The third-order valence-electron chi connectivity index (χ3n) is 4.71. The molecular weight excluding hydrogens is 436 g/mol. The molecule has 2 heterocycles. The molecule has 0 radical (unpaired) electrons. The minimum Gasteiger partial charge on any atom is -0.307 e. The van der Waals surface area contributed by atoms with Crippen molar-refractivity contribution in [2.45, 2.75) is 12.8 Å². The Kier molecular flexibility index (Phi) is 8.02. The SMILES string of the molecule is C[C@H](C(=O)Nc1ncc(C#N)s1)c1cccc(-c2ccc(NC(=O)/C=C/CN(C)C)nc2)c1. The summed E-state index contributed by atoms with van der Waals surface area (Å²) in [5, 5.41) is 14.8. The molecule has 168 valence electrons. The molecule has 0 aliphatic carbocycles. The van der Waals surface area contributed by atoms with Crippen LogP contribution in [0, 0.1) is 11.3 Å². The summed E-state index contributed by atoms with van der Waals surface area (Å²) in [5.74, 6) is -0.396. The van der Waals surface area contributed by atoms with E-state index < -0.39 is 5.92 Å². The first kappa shape index (κ1) is 23.8. The predicted molar refractivity (Wildman–Crippen MR) is 130 cm³/mol. The maximum absolute atomic E-state index is 12.6. The van der Waals surface area contributed by atoms with Crippen LogP contribution in [0.15, 0.2) is 60.9 Å². The number of nitrogens with zero attached hydrogens (tertiary/aromatic N) is 4. The molecule has 1 aromatic carbocycles. The predicted octanol–water partition coefficient (Wildman–Crippen LogP) is 3.88. The van der Waals surface area contributed by atoms with Crippen LogP contribution < -0.4 is 10.6 Å². The zero-order chi connectivity index (χ0) is 23.8. The van der Waals surface area contributed by atoms with Crippen LogP contribution in [-0.2, 0) is 9.59 Å². The highest BCUT2D eigenvalue weighted by molar-refractivity contribution is 7.16. The molecule has 33 heavy (non-hydrogen) atoms. The van der Waals surface area contributed by atoms with Crippen molar-refractivity contribution in [1.82, 2.24) is 14.9 Å². The zero-order valence-electron chi connectivity index (χ0n) is 18.6. The van der Waals surface area contributed by atoms with E-state index in [4.69, 9.17) is 5.26 Å². The summed E-state index contributed by atoms with van der Waals surface area (Å²) in [6, 6.07) is 13.3. The first-order valence-electron chi connectivity index (χ1n) is 10.2. The maximum atomic E-state index is 12.6. The van der Waals surface area contributed by atoms with Gasteiger partial charge in [-0.15, -0.1) is 0 Å². The van der Waals surface area contributed by atoms with Crippen molar-refractivity contribution in [2.24, 2.45) is 0 Å². The fourth-order valence-electron chi connectivity index (χ4n) is 2.91. The van der Waals surface area contributed by atoms with Crippen LogP contribution in [0.2, 0.25) is 0 Å². The molecule has 0 saturated carbocycles. The number of aromatic nitrogens is 2. The number of hydrogen-bond acceptors (Lipinski definition) is 7. The van der Waals surface area contributed by atoms with Gasteiger partial charge in [-0.25, -0.2) is 9.97 Å². The monoisotopic (exact) mass is 460 g/mol. The van der Waals surface area contributed by atoms with E-state index in [1.807, 2.05) is 62.3 Å². The average molecular weight is 461 g/mol. The Balaban J connectivity index is 1.66. The highest BCUT2D eigenvalue weighted by Gasteiger charge is 2.17. The molecule has 2 N–H and O–H groups in total. The van der Waals surface area contributed by atoms with Gasteiger partial charge in [0.1, 0.15) is 16.8 Å². The van der Waals surface area contributed by atoms with Crippen LogP contribution in [0.3, 0.4) is 0 Å². The van der Waals surface area contributed by atoms with Gasteiger partial charge < -0.3 is 15.5 Å². The van der Waals surface area contributed by atoms with Gasteiger partial charge in [-0.3, -0.25) is 9.59 Å². The van der Waals surface area contributed by atoms with E-state index in [0.29, 0.717) is 22.4 Å². The minimum atomic E-state index is -0.417. The lowest BCUT2D eigenvalue weighted by molar-refractivity contribution is -0.117. The number of pyridine rings is 1. The highest BCUT2D eigenvalue weighted by atomic mass is 32.1. The molecule has 9 heteroatoms. The number of nitriles is 1. The molecular formula is C24H24N6O2S. The van der Waals surface area contributed by atoms with Crippen LogP contribution in [-0.4, -0.2) is 47.3 Å². The van der Waals surface area contributed by atoms with Crippen LogP contribution in [0.1, 0.15) is 23.3 Å². The third kappa shape index (κ3) is 6.80. The van der Waals surface area contributed by atoms with Gasteiger partial charge in [0.2, 0.25) is 11.8 Å². The number of likely N-dealkylation sites (N-methyl/N-ethyl adjacent to an activating group) is 1. The van der Waals surface area contributed by atoms with Gasteiger partial charge >= 0.3 is 0 Å². The number of anilines is 2. The Bertz CT molecular complexity index is 1190. The fourth-order valence-corrected chi connectivity index (χ4v) is 3.53. The van der Waals surface area contributed by atoms with Gasteiger partial charge in [0.15, 0.2) is 5.13 Å². The summed E-state index contributed by atoms with van der Waals surface area (Å²) < 4.78 is 0. The number of thiazole rings is 1. The highest BCUT2D eigenvalue weighted by Crippen LogP contribution is 2.26. The Morgan fingerprint density at radius 3 is 2.64 bits per heavy atom. The Morgan fingerprint density at radius 1 is 1.15 bits per heavy atom. The van der Waals surface area contributed by atoms with E-state index >= 15 is 0 Å². The van der Waals surface area contributed by atoms with Crippen LogP contribution >= 0.6 is 11.3 Å². The number of hydrogen-bond donors (Lipinski definition) is 2. The molecule has 0 fully saturated rings. The van der Waals surface area contributed by atoms with Gasteiger partial charge in [-0.2, -0.15) is 5.26 Å². The van der Waals surface area contributed by atoms with Crippen LogP contribution in [0.25, 0.3) is 11.1 Å². The lowest BCUT2D eigenvalue weighted by atomic mass is 9.96.